The van der Waals surface area contributed by atoms with E-state index in [4.69, 9.17) is 32.7 Å². The lowest BCUT2D eigenvalue weighted by molar-refractivity contribution is -0.142. The van der Waals surface area contributed by atoms with Gasteiger partial charge in [-0.2, -0.15) is 0 Å². The van der Waals surface area contributed by atoms with Gasteiger partial charge in [0.25, 0.3) is 0 Å². The Hall–Kier alpha value is -1.01. The number of hydrogen-bond donors (Lipinski definition) is 0. The molecule has 0 aromatic heterocycles. The number of carbonyl (C=O) groups excluding carboxylic acids is 1. The Morgan fingerprint density at radius 1 is 1.07 bits per heavy atom. The van der Waals surface area contributed by atoms with Crippen molar-refractivity contribution in [2.24, 2.45) is 5.92 Å². The fourth-order valence-corrected chi connectivity index (χ4v) is 4.47. The predicted molar refractivity (Wildman–Crippen MR) is 112 cm³/mol. The summed E-state index contributed by atoms with van der Waals surface area (Å²) < 4.78 is 10.9. The van der Waals surface area contributed by atoms with Gasteiger partial charge in [0.15, 0.2) is 0 Å². The van der Waals surface area contributed by atoms with Crippen LogP contribution in [0, 0.1) is 12.8 Å². The SMILES string of the molecule is COC(=O)CN1CCC(CN2CCC(Oc3ccc(Cl)c(C)c3Cl)CC2)CC1. The van der Waals surface area contributed by atoms with Crippen molar-refractivity contribution in [3.8, 4) is 5.75 Å². The van der Waals surface area contributed by atoms with Crippen molar-refractivity contribution in [1.29, 1.82) is 0 Å². The van der Waals surface area contributed by atoms with Crippen LogP contribution >= 0.6 is 23.2 Å². The monoisotopic (exact) mass is 428 g/mol. The molecular weight excluding hydrogens is 399 g/mol. The fourth-order valence-electron chi connectivity index (χ4n) is 4.06. The molecule has 2 fully saturated rings. The third-order valence-electron chi connectivity index (χ3n) is 5.92. The van der Waals surface area contributed by atoms with Gasteiger partial charge in [-0.3, -0.25) is 9.69 Å². The molecule has 7 heteroatoms. The summed E-state index contributed by atoms with van der Waals surface area (Å²) in [7, 11) is 1.45. The zero-order chi connectivity index (χ0) is 20.1. The van der Waals surface area contributed by atoms with E-state index in [0.29, 0.717) is 22.5 Å². The molecule has 2 heterocycles. The highest BCUT2D eigenvalue weighted by Crippen LogP contribution is 2.34. The van der Waals surface area contributed by atoms with Gasteiger partial charge in [0.05, 0.1) is 18.7 Å². The van der Waals surface area contributed by atoms with Gasteiger partial charge in [-0.1, -0.05) is 23.2 Å². The molecule has 0 N–H and O–H groups in total. The minimum atomic E-state index is -0.142. The molecule has 1 aromatic rings. The van der Waals surface area contributed by atoms with Crippen LogP contribution in [0.25, 0.3) is 0 Å². The number of nitrogens with zero attached hydrogens (tertiary/aromatic N) is 2. The number of methoxy groups -OCH3 is 1. The van der Waals surface area contributed by atoms with Crippen molar-refractivity contribution in [2.75, 3.05) is 46.4 Å². The number of ether oxygens (including phenoxy) is 2. The van der Waals surface area contributed by atoms with Crippen molar-refractivity contribution in [2.45, 2.75) is 38.7 Å². The van der Waals surface area contributed by atoms with Gasteiger partial charge in [-0.15, -0.1) is 0 Å². The number of rotatable bonds is 6. The van der Waals surface area contributed by atoms with Crippen molar-refractivity contribution >= 4 is 29.2 Å². The van der Waals surface area contributed by atoms with E-state index in [1.54, 1.807) is 0 Å². The highest BCUT2D eigenvalue weighted by Gasteiger charge is 2.26. The smallest absolute Gasteiger partial charge is 0.319 e. The summed E-state index contributed by atoms with van der Waals surface area (Å²) in [6.07, 6.45) is 4.52. The third-order valence-corrected chi connectivity index (χ3v) is 6.80. The quantitative estimate of drug-likeness (QED) is 0.639. The molecule has 3 rings (SSSR count). The van der Waals surface area contributed by atoms with Crippen molar-refractivity contribution < 1.29 is 14.3 Å². The van der Waals surface area contributed by atoms with E-state index in [9.17, 15) is 4.79 Å². The molecule has 2 aliphatic rings. The Bertz CT molecular complexity index is 670. The molecule has 28 heavy (non-hydrogen) atoms. The molecule has 0 unspecified atom stereocenters. The second kappa shape index (κ2) is 10.1. The molecule has 0 amide bonds. The molecule has 0 spiro atoms. The van der Waals surface area contributed by atoms with E-state index in [1.807, 2.05) is 19.1 Å². The van der Waals surface area contributed by atoms with Crippen molar-refractivity contribution in [1.82, 2.24) is 9.80 Å². The fraction of sp³-hybridized carbons (Fsp3) is 0.667. The van der Waals surface area contributed by atoms with Crippen LogP contribution in [0.4, 0.5) is 0 Å². The molecular formula is C21H30Cl2N2O3. The zero-order valence-electron chi connectivity index (χ0n) is 16.8. The summed E-state index contributed by atoms with van der Waals surface area (Å²) in [4.78, 5) is 16.1. The van der Waals surface area contributed by atoms with E-state index in [-0.39, 0.29) is 12.1 Å². The summed E-state index contributed by atoms with van der Waals surface area (Å²) in [6, 6.07) is 3.71. The molecule has 2 aliphatic heterocycles. The Morgan fingerprint density at radius 3 is 2.36 bits per heavy atom. The van der Waals surface area contributed by atoms with Crippen LogP contribution < -0.4 is 4.74 Å². The van der Waals surface area contributed by atoms with Crippen molar-refractivity contribution in [3.05, 3.63) is 27.7 Å². The summed E-state index contributed by atoms with van der Waals surface area (Å²) in [5.41, 5.74) is 0.872. The first-order valence-electron chi connectivity index (χ1n) is 10.1. The Balaban J connectivity index is 1.39. The van der Waals surface area contributed by atoms with E-state index >= 15 is 0 Å². The normalized spacial score (nSPS) is 20.3. The number of piperidine rings is 2. The lowest BCUT2D eigenvalue weighted by Crippen LogP contribution is -2.44. The van der Waals surface area contributed by atoms with Gasteiger partial charge >= 0.3 is 5.97 Å². The molecule has 0 saturated carbocycles. The van der Waals surface area contributed by atoms with E-state index in [0.717, 1.165) is 69.7 Å². The maximum atomic E-state index is 11.4. The Kier molecular flexibility index (Phi) is 7.86. The van der Waals surface area contributed by atoms with Gasteiger partial charge in [-0.05, 0) is 69.3 Å². The van der Waals surface area contributed by atoms with Gasteiger partial charge < -0.3 is 14.4 Å². The molecule has 156 valence electrons. The summed E-state index contributed by atoms with van der Waals surface area (Å²) in [5, 5.41) is 1.29. The average Bonchev–Trinajstić information content (AvgIpc) is 2.71. The molecule has 5 nitrogen and oxygen atoms in total. The van der Waals surface area contributed by atoms with Crippen LogP contribution in [-0.4, -0.2) is 68.3 Å². The molecule has 2 saturated heterocycles. The third kappa shape index (κ3) is 5.76. The van der Waals surface area contributed by atoms with Crippen molar-refractivity contribution in [3.63, 3.8) is 0 Å². The van der Waals surface area contributed by atoms with Gasteiger partial charge in [0.2, 0.25) is 0 Å². The first kappa shape index (κ1) is 21.7. The van der Waals surface area contributed by atoms with Crippen LogP contribution in [0.3, 0.4) is 0 Å². The first-order chi connectivity index (χ1) is 13.5. The van der Waals surface area contributed by atoms with Crippen LogP contribution in [0.5, 0.6) is 5.75 Å². The lowest BCUT2D eigenvalue weighted by Gasteiger charge is -2.37. The number of benzene rings is 1. The minimum Gasteiger partial charge on any atom is -0.489 e. The van der Waals surface area contributed by atoms with Crippen LogP contribution in [0.1, 0.15) is 31.2 Å². The Labute approximate surface area is 177 Å². The largest absolute Gasteiger partial charge is 0.489 e. The van der Waals surface area contributed by atoms with Crippen LogP contribution in [-0.2, 0) is 9.53 Å². The second-order valence-electron chi connectivity index (χ2n) is 7.90. The zero-order valence-corrected chi connectivity index (χ0v) is 18.3. The summed E-state index contributed by atoms with van der Waals surface area (Å²) in [6.45, 7) is 7.53. The lowest BCUT2D eigenvalue weighted by atomic mass is 9.95. The summed E-state index contributed by atoms with van der Waals surface area (Å²) in [5.74, 6) is 1.30. The maximum Gasteiger partial charge on any atom is 0.319 e. The van der Waals surface area contributed by atoms with Gasteiger partial charge in [0.1, 0.15) is 11.9 Å². The van der Waals surface area contributed by atoms with E-state index in [2.05, 4.69) is 9.80 Å². The summed E-state index contributed by atoms with van der Waals surface area (Å²) >= 11 is 12.5. The Morgan fingerprint density at radius 2 is 1.71 bits per heavy atom. The second-order valence-corrected chi connectivity index (χ2v) is 8.68. The number of esters is 1. The number of hydrogen-bond acceptors (Lipinski definition) is 5. The number of halogens is 2. The number of likely N-dealkylation sites (tertiary alicyclic amines) is 2. The molecule has 0 aliphatic carbocycles. The van der Waals surface area contributed by atoms with E-state index < -0.39 is 0 Å². The minimum absolute atomic E-state index is 0.142. The molecule has 0 bridgehead atoms. The highest BCUT2D eigenvalue weighted by atomic mass is 35.5. The van der Waals surface area contributed by atoms with E-state index in [1.165, 1.54) is 7.11 Å². The molecule has 1 aromatic carbocycles. The topological polar surface area (TPSA) is 42.0 Å². The predicted octanol–water partition coefficient (Wildman–Crippen LogP) is 4.03. The van der Waals surface area contributed by atoms with Gasteiger partial charge in [-0.25, -0.2) is 0 Å². The molecule has 0 atom stereocenters. The number of carbonyl (C=O) groups is 1. The van der Waals surface area contributed by atoms with Gasteiger partial charge in [0, 0.05) is 24.7 Å². The first-order valence-corrected chi connectivity index (χ1v) is 10.8. The molecule has 0 radical (unpaired) electrons. The van der Waals surface area contributed by atoms with Crippen LogP contribution in [0.2, 0.25) is 10.0 Å². The van der Waals surface area contributed by atoms with Crippen LogP contribution in [0.15, 0.2) is 12.1 Å². The average molecular weight is 429 g/mol. The standard InChI is InChI=1S/C21H30Cl2N2O3/c1-15-18(22)3-4-19(21(15)23)28-17-7-11-24(12-8-17)13-16-5-9-25(10-6-16)14-20(26)27-2/h3-4,16-17H,5-14H2,1-2H3. The highest BCUT2D eigenvalue weighted by molar-refractivity contribution is 6.36. The maximum absolute atomic E-state index is 11.4.